The van der Waals surface area contributed by atoms with Gasteiger partial charge in [-0.2, -0.15) is 0 Å². The molecule has 0 heterocycles. The highest BCUT2D eigenvalue weighted by atomic mass is 19.1. The van der Waals surface area contributed by atoms with Gasteiger partial charge in [-0.1, -0.05) is 6.92 Å². The summed E-state index contributed by atoms with van der Waals surface area (Å²) in [5.74, 6) is -1.05. The number of carbonyl (C=O) groups excluding carboxylic acids is 1. The fourth-order valence-electron chi connectivity index (χ4n) is 0.545. The van der Waals surface area contributed by atoms with Crippen LogP contribution in [-0.2, 0) is 4.79 Å². The maximum atomic E-state index is 12.6. The van der Waals surface area contributed by atoms with E-state index in [1.165, 1.54) is 6.08 Å². The van der Waals surface area contributed by atoms with Crippen molar-refractivity contribution in [1.82, 2.24) is 4.90 Å². The molecule has 0 rings (SSSR count). The molecule has 0 spiro atoms. The lowest BCUT2D eigenvalue weighted by atomic mass is 10.2. The summed E-state index contributed by atoms with van der Waals surface area (Å²) in [6, 6.07) is 0. The van der Waals surface area contributed by atoms with Crippen LogP contribution >= 0.6 is 0 Å². The molecule has 0 fully saturated rings. The van der Waals surface area contributed by atoms with Crippen LogP contribution in [0.1, 0.15) is 13.3 Å². The molecule has 0 N–H and O–H groups in total. The fraction of sp³-hybridized carbons (Fsp3) is 0.625. The predicted molar refractivity (Wildman–Crippen MR) is 43.0 cm³/mol. The van der Waals surface area contributed by atoms with Crippen molar-refractivity contribution in [3.63, 3.8) is 0 Å². The van der Waals surface area contributed by atoms with Gasteiger partial charge in [0.2, 0.25) is 0 Å². The van der Waals surface area contributed by atoms with Crippen molar-refractivity contribution >= 4 is 5.78 Å². The minimum Gasteiger partial charge on any atom is -0.306 e. The highest BCUT2D eigenvalue weighted by Crippen LogP contribution is 2.00. The second-order valence-electron chi connectivity index (χ2n) is 2.59. The van der Waals surface area contributed by atoms with Gasteiger partial charge in [0.25, 0.3) is 0 Å². The molecule has 0 saturated heterocycles. The van der Waals surface area contributed by atoms with Gasteiger partial charge in [-0.15, -0.1) is 0 Å². The van der Waals surface area contributed by atoms with Crippen molar-refractivity contribution in [2.24, 2.45) is 0 Å². The lowest BCUT2D eigenvalue weighted by Crippen LogP contribution is -2.11. The number of carbonyl (C=O) groups is 1. The molecule has 0 aliphatic carbocycles. The zero-order valence-electron chi connectivity index (χ0n) is 7.22. The quantitative estimate of drug-likeness (QED) is 0.577. The van der Waals surface area contributed by atoms with E-state index in [4.69, 9.17) is 0 Å². The molecule has 0 bridgehead atoms. The van der Waals surface area contributed by atoms with Crippen LogP contribution in [0.15, 0.2) is 11.9 Å². The largest absolute Gasteiger partial charge is 0.306 e. The third-order valence-electron chi connectivity index (χ3n) is 1.22. The second-order valence-corrected chi connectivity index (χ2v) is 2.59. The molecule has 0 aliphatic heterocycles. The second kappa shape index (κ2) is 5.02. The first-order chi connectivity index (χ1) is 5.07. The highest BCUT2D eigenvalue weighted by molar-refractivity contribution is 5.92. The van der Waals surface area contributed by atoms with Gasteiger partial charge in [-0.25, -0.2) is 4.39 Å². The summed E-state index contributed by atoms with van der Waals surface area (Å²) in [6.45, 7) is 2.11. The van der Waals surface area contributed by atoms with Crippen LogP contribution < -0.4 is 0 Å². The average Bonchev–Trinajstić information content (AvgIpc) is 1.98. The summed E-state index contributed by atoms with van der Waals surface area (Å²) >= 11 is 0. The number of allylic oxidation sites excluding steroid dienone is 1. The first-order valence-electron chi connectivity index (χ1n) is 3.61. The fourth-order valence-corrected chi connectivity index (χ4v) is 0.545. The molecule has 0 radical (unpaired) electrons. The van der Waals surface area contributed by atoms with E-state index in [2.05, 4.69) is 0 Å². The molecular weight excluding hydrogens is 145 g/mol. The van der Waals surface area contributed by atoms with Crippen LogP contribution in [-0.4, -0.2) is 31.3 Å². The van der Waals surface area contributed by atoms with Crippen molar-refractivity contribution < 1.29 is 9.18 Å². The summed E-state index contributed by atoms with van der Waals surface area (Å²) in [5.41, 5.74) is 0. The Morgan fingerprint density at radius 2 is 2.09 bits per heavy atom. The molecule has 0 aromatic heterocycles. The van der Waals surface area contributed by atoms with Crippen LogP contribution in [0.4, 0.5) is 4.39 Å². The van der Waals surface area contributed by atoms with E-state index in [1.807, 2.05) is 14.1 Å². The van der Waals surface area contributed by atoms with E-state index in [-0.39, 0.29) is 6.42 Å². The molecule has 0 amide bonds. The van der Waals surface area contributed by atoms with Crippen LogP contribution in [0.2, 0.25) is 0 Å². The average molecular weight is 159 g/mol. The Balaban J connectivity index is 3.90. The van der Waals surface area contributed by atoms with Crippen molar-refractivity contribution in [2.75, 3.05) is 20.6 Å². The maximum absolute atomic E-state index is 12.6. The smallest absolute Gasteiger partial charge is 0.190 e. The van der Waals surface area contributed by atoms with Gasteiger partial charge in [0.05, 0.1) is 0 Å². The third-order valence-corrected chi connectivity index (χ3v) is 1.22. The van der Waals surface area contributed by atoms with Crippen molar-refractivity contribution in [3.05, 3.63) is 11.9 Å². The molecule has 2 nitrogen and oxygen atoms in total. The van der Waals surface area contributed by atoms with Crippen molar-refractivity contribution in [2.45, 2.75) is 13.3 Å². The van der Waals surface area contributed by atoms with Gasteiger partial charge in [0, 0.05) is 13.0 Å². The van der Waals surface area contributed by atoms with Crippen LogP contribution in [0.5, 0.6) is 0 Å². The molecule has 0 aliphatic rings. The summed E-state index contributed by atoms with van der Waals surface area (Å²) < 4.78 is 12.6. The summed E-state index contributed by atoms with van der Waals surface area (Å²) in [6.07, 6.45) is 1.53. The third kappa shape index (κ3) is 4.67. The number of halogens is 1. The number of likely N-dealkylation sites (N-methyl/N-ethyl adjacent to an activating group) is 1. The van der Waals surface area contributed by atoms with Gasteiger partial charge in [-0.3, -0.25) is 4.79 Å². The first kappa shape index (κ1) is 10.3. The molecule has 0 aromatic rings. The number of rotatable bonds is 4. The number of Topliss-reactive ketones (excluding diaryl/α,β-unsaturated/α-hetero) is 1. The first-order valence-corrected chi connectivity index (χ1v) is 3.61. The minimum absolute atomic E-state index is 0.232. The Hall–Kier alpha value is -0.700. The summed E-state index contributed by atoms with van der Waals surface area (Å²) in [4.78, 5) is 12.5. The van der Waals surface area contributed by atoms with Crippen LogP contribution in [0, 0.1) is 0 Å². The summed E-state index contributed by atoms with van der Waals surface area (Å²) in [5, 5.41) is 0. The van der Waals surface area contributed by atoms with Gasteiger partial charge >= 0.3 is 0 Å². The molecule has 64 valence electrons. The van der Waals surface area contributed by atoms with Crippen molar-refractivity contribution in [3.8, 4) is 0 Å². The lowest BCUT2D eigenvalue weighted by Gasteiger charge is -2.03. The molecule has 11 heavy (non-hydrogen) atoms. The number of nitrogens with zero attached hydrogens (tertiary/aromatic N) is 1. The maximum Gasteiger partial charge on any atom is 0.190 e. The van der Waals surface area contributed by atoms with E-state index in [1.54, 1.807) is 11.8 Å². The van der Waals surface area contributed by atoms with Crippen molar-refractivity contribution in [1.29, 1.82) is 0 Å². The van der Waals surface area contributed by atoms with E-state index in [0.29, 0.717) is 6.54 Å². The monoisotopic (exact) mass is 159 g/mol. The SMILES string of the molecule is CCC(=O)/C(F)=C/CN(C)C. The molecule has 0 unspecified atom stereocenters. The zero-order valence-corrected chi connectivity index (χ0v) is 7.22. The van der Waals surface area contributed by atoms with E-state index < -0.39 is 11.6 Å². The predicted octanol–water partition coefficient (Wildman–Crippen LogP) is 1.38. The molecule has 0 atom stereocenters. The normalized spacial score (nSPS) is 12.3. The Bertz CT molecular complexity index is 163. The zero-order chi connectivity index (χ0) is 8.85. The minimum atomic E-state index is -0.624. The van der Waals surface area contributed by atoms with Gasteiger partial charge in [0.1, 0.15) is 0 Å². The summed E-state index contributed by atoms with van der Waals surface area (Å²) in [7, 11) is 3.64. The van der Waals surface area contributed by atoms with E-state index in [9.17, 15) is 9.18 Å². The lowest BCUT2D eigenvalue weighted by molar-refractivity contribution is -0.116. The Kier molecular flexibility index (Phi) is 4.70. The van der Waals surface area contributed by atoms with Gasteiger partial charge in [0.15, 0.2) is 11.6 Å². The molecule has 0 saturated carbocycles. The van der Waals surface area contributed by atoms with E-state index in [0.717, 1.165) is 0 Å². The van der Waals surface area contributed by atoms with Gasteiger partial charge < -0.3 is 4.90 Å². The Labute approximate surface area is 66.7 Å². The number of hydrogen-bond acceptors (Lipinski definition) is 2. The van der Waals surface area contributed by atoms with E-state index >= 15 is 0 Å². The number of hydrogen-bond donors (Lipinski definition) is 0. The highest BCUT2D eigenvalue weighted by Gasteiger charge is 2.03. The topological polar surface area (TPSA) is 20.3 Å². The standard InChI is InChI=1S/C8H14FNO/c1-4-8(11)7(9)5-6-10(2)3/h5H,4,6H2,1-3H3/b7-5-. The van der Waals surface area contributed by atoms with Crippen LogP contribution in [0.25, 0.3) is 0 Å². The van der Waals surface area contributed by atoms with Crippen LogP contribution in [0.3, 0.4) is 0 Å². The molecule has 0 aromatic carbocycles. The number of ketones is 1. The Morgan fingerprint density at radius 3 is 2.45 bits per heavy atom. The Morgan fingerprint density at radius 1 is 1.55 bits per heavy atom. The molecular formula is C8H14FNO. The van der Waals surface area contributed by atoms with Gasteiger partial charge in [-0.05, 0) is 20.2 Å². The molecule has 3 heteroatoms.